The Hall–Kier alpha value is -3.22. The van der Waals surface area contributed by atoms with Crippen LogP contribution < -0.4 is 4.90 Å². The van der Waals surface area contributed by atoms with Crippen molar-refractivity contribution >= 4 is 11.7 Å². The number of halogens is 1. The van der Waals surface area contributed by atoms with Crippen molar-refractivity contribution in [3.8, 4) is 22.8 Å². The monoisotopic (exact) mass is 409 g/mol. The quantitative estimate of drug-likeness (QED) is 0.625. The SMILES string of the molecule is CCc1cc(-c2nc(-c3ccc(C(=O)O)c(F)c3)no2)ccc1N1CCCCC1C. The van der Waals surface area contributed by atoms with Gasteiger partial charge in [0.25, 0.3) is 5.89 Å². The lowest BCUT2D eigenvalue weighted by Crippen LogP contribution is -2.37. The van der Waals surface area contributed by atoms with Gasteiger partial charge in [0, 0.05) is 29.4 Å². The topological polar surface area (TPSA) is 79.5 Å². The molecular formula is C23H24FN3O3. The van der Waals surface area contributed by atoms with Gasteiger partial charge < -0.3 is 14.5 Å². The van der Waals surface area contributed by atoms with Crippen LogP contribution in [0.4, 0.5) is 10.1 Å². The number of aromatic carboxylic acids is 1. The van der Waals surface area contributed by atoms with Crippen LogP contribution in [0.15, 0.2) is 40.9 Å². The fraction of sp³-hybridized carbons (Fsp3) is 0.348. The van der Waals surface area contributed by atoms with Crippen LogP contribution in [0.2, 0.25) is 0 Å². The summed E-state index contributed by atoms with van der Waals surface area (Å²) in [6.45, 7) is 5.46. The lowest BCUT2D eigenvalue weighted by molar-refractivity contribution is 0.0692. The molecule has 0 aliphatic carbocycles. The predicted octanol–water partition coefficient (Wildman–Crippen LogP) is 5.18. The molecule has 1 atom stereocenters. The normalized spacial score (nSPS) is 16.6. The maximum atomic E-state index is 14.0. The number of piperidine rings is 1. The molecular weight excluding hydrogens is 385 g/mol. The van der Waals surface area contributed by atoms with Gasteiger partial charge in [0.05, 0.1) is 5.56 Å². The number of anilines is 1. The van der Waals surface area contributed by atoms with Crippen LogP contribution in [0, 0.1) is 5.82 Å². The summed E-state index contributed by atoms with van der Waals surface area (Å²) in [6.07, 6.45) is 4.57. The third kappa shape index (κ3) is 3.79. The van der Waals surface area contributed by atoms with E-state index in [1.165, 1.54) is 42.6 Å². The summed E-state index contributed by atoms with van der Waals surface area (Å²) in [5.74, 6) is -1.59. The van der Waals surface area contributed by atoms with E-state index in [0.29, 0.717) is 17.5 Å². The van der Waals surface area contributed by atoms with Gasteiger partial charge >= 0.3 is 5.97 Å². The Kier molecular flexibility index (Phi) is 5.53. The minimum Gasteiger partial charge on any atom is -0.478 e. The first-order valence-electron chi connectivity index (χ1n) is 10.2. The first-order chi connectivity index (χ1) is 14.5. The van der Waals surface area contributed by atoms with Crippen LogP contribution in [0.3, 0.4) is 0 Å². The molecule has 3 aromatic rings. The molecule has 1 aliphatic heterocycles. The second kappa shape index (κ2) is 8.26. The number of carboxylic acid groups (broad SMARTS) is 1. The molecule has 30 heavy (non-hydrogen) atoms. The molecule has 0 amide bonds. The van der Waals surface area contributed by atoms with Crippen LogP contribution in [-0.2, 0) is 6.42 Å². The second-order valence-electron chi connectivity index (χ2n) is 7.66. The first kappa shape index (κ1) is 20.1. The highest BCUT2D eigenvalue weighted by Gasteiger charge is 2.22. The Bertz CT molecular complexity index is 1080. The molecule has 0 radical (unpaired) electrons. The molecule has 4 rings (SSSR count). The largest absolute Gasteiger partial charge is 0.478 e. The van der Waals surface area contributed by atoms with Crippen molar-refractivity contribution in [1.29, 1.82) is 0 Å². The zero-order valence-corrected chi connectivity index (χ0v) is 17.1. The van der Waals surface area contributed by atoms with E-state index in [2.05, 4.69) is 41.0 Å². The van der Waals surface area contributed by atoms with Gasteiger partial charge in [-0.2, -0.15) is 4.98 Å². The van der Waals surface area contributed by atoms with E-state index in [1.54, 1.807) is 0 Å². The average Bonchev–Trinajstić information content (AvgIpc) is 3.24. The van der Waals surface area contributed by atoms with Crippen LogP contribution in [0.25, 0.3) is 22.8 Å². The summed E-state index contributed by atoms with van der Waals surface area (Å²) < 4.78 is 19.4. The van der Waals surface area contributed by atoms with E-state index in [-0.39, 0.29) is 5.82 Å². The van der Waals surface area contributed by atoms with Crippen molar-refractivity contribution in [2.75, 3.05) is 11.4 Å². The lowest BCUT2D eigenvalue weighted by atomic mass is 9.99. The zero-order valence-electron chi connectivity index (χ0n) is 17.1. The van der Waals surface area contributed by atoms with Crippen LogP contribution in [0.1, 0.15) is 49.0 Å². The van der Waals surface area contributed by atoms with E-state index in [0.717, 1.165) is 24.6 Å². The van der Waals surface area contributed by atoms with Crippen LogP contribution in [-0.4, -0.2) is 33.8 Å². The lowest BCUT2D eigenvalue weighted by Gasteiger charge is -2.36. The van der Waals surface area contributed by atoms with Crippen molar-refractivity contribution < 1.29 is 18.8 Å². The zero-order chi connectivity index (χ0) is 21.3. The number of benzene rings is 2. The van der Waals surface area contributed by atoms with E-state index in [9.17, 15) is 9.18 Å². The highest BCUT2D eigenvalue weighted by atomic mass is 19.1. The first-order valence-corrected chi connectivity index (χ1v) is 10.2. The smallest absolute Gasteiger partial charge is 0.338 e. The summed E-state index contributed by atoms with van der Waals surface area (Å²) >= 11 is 0. The van der Waals surface area contributed by atoms with Crippen molar-refractivity contribution in [2.45, 2.75) is 45.6 Å². The second-order valence-corrected chi connectivity index (χ2v) is 7.66. The van der Waals surface area contributed by atoms with Crippen molar-refractivity contribution in [3.05, 3.63) is 53.3 Å². The molecule has 1 aliphatic rings. The molecule has 6 nitrogen and oxygen atoms in total. The fourth-order valence-electron chi connectivity index (χ4n) is 4.02. The molecule has 7 heteroatoms. The minimum atomic E-state index is -1.32. The highest BCUT2D eigenvalue weighted by Crippen LogP contribution is 2.32. The van der Waals surface area contributed by atoms with Crippen molar-refractivity contribution in [1.82, 2.24) is 10.1 Å². The van der Waals surface area contributed by atoms with Crippen molar-refractivity contribution in [2.24, 2.45) is 0 Å². The molecule has 1 fully saturated rings. The maximum Gasteiger partial charge on any atom is 0.338 e. The third-order valence-corrected chi connectivity index (χ3v) is 5.70. The maximum absolute atomic E-state index is 14.0. The van der Waals surface area contributed by atoms with Gasteiger partial charge in [0.2, 0.25) is 5.82 Å². The van der Waals surface area contributed by atoms with Gasteiger partial charge in [0.15, 0.2) is 0 Å². The third-order valence-electron chi connectivity index (χ3n) is 5.70. The summed E-state index contributed by atoms with van der Waals surface area (Å²) in [6, 6.07) is 10.5. The Labute approximate surface area is 174 Å². The Balaban J connectivity index is 1.63. The molecule has 0 spiro atoms. The van der Waals surface area contributed by atoms with E-state index >= 15 is 0 Å². The van der Waals surface area contributed by atoms with Gasteiger partial charge in [-0.25, -0.2) is 9.18 Å². The number of carboxylic acids is 1. The minimum absolute atomic E-state index is 0.215. The Morgan fingerprint density at radius 1 is 1.23 bits per heavy atom. The van der Waals surface area contributed by atoms with Gasteiger partial charge in [-0.15, -0.1) is 0 Å². The summed E-state index contributed by atoms with van der Waals surface area (Å²) in [5.41, 5.74) is 3.25. The molecule has 1 N–H and O–H groups in total. The molecule has 1 aromatic heterocycles. The van der Waals surface area contributed by atoms with E-state index in [1.807, 2.05) is 6.07 Å². The van der Waals surface area contributed by atoms with Crippen LogP contribution in [0.5, 0.6) is 0 Å². The molecule has 0 bridgehead atoms. The molecule has 2 aromatic carbocycles. The van der Waals surface area contributed by atoms with Gasteiger partial charge in [0.1, 0.15) is 5.82 Å². The number of nitrogens with zero attached hydrogens (tertiary/aromatic N) is 3. The summed E-state index contributed by atoms with van der Waals surface area (Å²) in [7, 11) is 0. The van der Waals surface area contributed by atoms with E-state index < -0.39 is 17.3 Å². The van der Waals surface area contributed by atoms with Gasteiger partial charge in [-0.1, -0.05) is 12.1 Å². The van der Waals surface area contributed by atoms with Crippen molar-refractivity contribution in [3.63, 3.8) is 0 Å². The number of rotatable bonds is 5. The summed E-state index contributed by atoms with van der Waals surface area (Å²) in [4.78, 5) is 17.9. The molecule has 2 heterocycles. The highest BCUT2D eigenvalue weighted by molar-refractivity contribution is 5.88. The number of hydrogen-bond donors (Lipinski definition) is 1. The summed E-state index contributed by atoms with van der Waals surface area (Å²) in [5, 5.41) is 12.9. The predicted molar refractivity (Wildman–Crippen MR) is 112 cm³/mol. The number of carbonyl (C=O) groups is 1. The standard InChI is InChI=1S/C23H24FN3O3/c1-3-15-12-17(8-10-20(15)27-11-5-4-6-14(27)2)22-25-21(26-30-22)16-7-9-18(23(28)29)19(24)13-16/h7-10,12-14H,3-6,11H2,1-2H3,(H,28,29). The molecule has 0 saturated carbocycles. The molecule has 156 valence electrons. The Morgan fingerprint density at radius 2 is 2.03 bits per heavy atom. The fourth-order valence-corrected chi connectivity index (χ4v) is 4.02. The number of aryl methyl sites for hydroxylation is 1. The number of aromatic nitrogens is 2. The van der Waals surface area contributed by atoms with E-state index in [4.69, 9.17) is 9.63 Å². The molecule has 1 saturated heterocycles. The van der Waals surface area contributed by atoms with Crippen LogP contribution >= 0.6 is 0 Å². The van der Waals surface area contributed by atoms with Gasteiger partial charge in [-0.05, 0) is 74.6 Å². The average molecular weight is 409 g/mol. The van der Waals surface area contributed by atoms with Gasteiger partial charge in [-0.3, -0.25) is 0 Å². The molecule has 1 unspecified atom stereocenters. The Morgan fingerprint density at radius 3 is 2.73 bits per heavy atom. The number of hydrogen-bond acceptors (Lipinski definition) is 5.